The number of primary amides is 1. The van der Waals surface area contributed by atoms with E-state index in [9.17, 15) is 22.8 Å². The van der Waals surface area contributed by atoms with E-state index in [-0.39, 0.29) is 19.3 Å². The monoisotopic (exact) mass is 278 g/mol. The van der Waals surface area contributed by atoms with Gasteiger partial charge in [0.1, 0.15) is 6.42 Å². The van der Waals surface area contributed by atoms with Gasteiger partial charge in [0.05, 0.1) is 5.41 Å². The molecule has 0 aromatic carbocycles. The molecule has 2 bridgehead atoms. The number of nitrogens with one attached hydrogen (secondary N) is 1. The highest BCUT2D eigenvalue weighted by Crippen LogP contribution is 2.59. The van der Waals surface area contributed by atoms with Gasteiger partial charge >= 0.3 is 6.18 Å². The van der Waals surface area contributed by atoms with Crippen molar-refractivity contribution in [3.8, 4) is 0 Å². The molecule has 0 aliphatic heterocycles. The van der Waals surface area contributed by atoms with E-state index in [0.29, 0.717) is 19.3 Å². The summed E-state index contributed by atoms with van der Waals surface area (Å²) in [6.07, 6.45) is -3.48. The average molecular weight is 278 g/mol. The number of alkyl halides is 3. The van der Waals surface area contributed by atoms with Crippen LogP contribution in [0.2, 0.25) is 0 Å². The van der Waals surface area contributed by atoms with Crippen LogP contribution in [0.4, 0.5) is 13.2 Å². The van der Waals surface area contributed by atoms with Crippen LogP contribution in [-0.4, -0.2) is 23.5 Å². The Bertz CT molecular complexity index is 382. The van der Waals surface area contributed by atoms with Crippen LogP contribution in [0.3, 0.4) is 0 Å². The van der Waals surface area contributed by atoms with E-state index in [1.807, 2.05) is 0 Å². The molecule has 0 saturated heterocycles. The van der Waals surface area contributed by atoms with Crippen LogP contribution in [0.15, 0.2) is 0 Å². The van der Waals surface area contributed by atoms with E-state index in [4.69, 9.17) is 5.73 Å². The quantitative estimate of drug-likeness (QED) is 0.770. The van der Waals surface area contributed by atoms with Gasteiger partial charge in [-0.05, 0) is 38.5 Å². The van der Waals surface area contributed by atoms with E-state index in [1.54, 1.807) is 0 Å². The molecule has 19 heavy (non-hydrogen) atoms. The number of rotatable bonds is 3. The molecule has 3 rings (SSSR count). The molecule has 0 aromatic rings. The highest BCUT2D eigenvalue weighted by molar-refractivity contribution is 5.96. The molecule has 7 heteroatoms. The van der Waals surface area contributed by atoms with E-state index in [2.05, 4.69) is 5.32 Å². The Kier molecular flexibility index (Phi) is 3.26. The summed E-state index contributed by atoms with van der Waals surface area (Å²) in [4.78, 5) is 22.2. The number of carbonyl (C=O) groups is 2. The van der Waals surface area contributed by atoms with E-state index < -0.39 is 35.4 Å². The fourth-order valence-electron chi connectivity index (χ4n) is 3.30. The highest BCUT2D eigenvalue weighted by Gasteiger charge is 2.61. The van der Waals surface area contributed by atoms with Gasteiger partial charge in [-0.15, -0.1) is 0 Å². The minimum atomic E-state index is -4.17. The zero-order valence-corrected chi connectivity index (χ0v) is 10.5. The summed E-state index contributed by atoms with van der Waals surface area (Å²) in [6.45, 7) is 0. The van der Waals surface area contributed by atoms with Gasteiger partial charge in [-0.2, -0.15) is 13.2 Å². The van der Waals surface area contributed by atoms with Gasteiger partial charge < -0.3 is 11.1 Å². The molecule has 3 aliphatic carbocycles. The molecule has 4 nitrogen and oxygen atoms in total. The van der Waals surface area contributed by atoms with Crippen molar-refractivity contribution in [3.63, 3.8) is 0 Å². The Morgan fingerprint density at radius 1 is 1.05 bits per heavy atom. The molecule has 0 radical (unpaired) electrons. The normalized spacial score (nSPS) is 34.1. The van der Waals surface area contributed by atoms with Crippen molar-refractivity contribution in [2.45, 2.75) is 56.7 Å². The maximum atomic E-state index is 13.0. The molecular formula is C12H17F3N2O2. The van der Waals surface area contributed by atoms with Gasteiger partial charge in [0.2, 0.25) is 11.8 Å². The van der Waals surface area contributed by atoms with Gasteiger partial charge in [0.25, 0.3) is 0 Å². The number of hydrogen-bond acceptors (Lipinski definition) is 2. The Balaban J connectivity index is 2.01. The Morgan fingerprint density at radius 3 is 1.89 bits per heavy atom. The molecule has 0 heterocycles. The van der Waals surface area contributed by atoms with Crippen molar-refractivity contribution in [1.82, 2.24) is 5.32 Å². The first kappa shape index (κ1) is 14.1. The number of nitrogens with two attached hydrogens (primary N) is 1. The minimum Gasteiger partial charge on any atom is -0.369 e. The van der Waals surface area contributed by atoms with Gasteiger partial charge in [-0.1, -0.05) is 0 Å². The Hall–Kier alpha value is -1.27. The first-order chi connectivity index (χ1) is 8.68. The topological polar surface area (TPSA) is 72.2 Å². The van der Waals surface area contributed by atoms with Gasteiger partial charge in [-0.3, -0.25) is 9.59 Å². The van der Waals surface area contributed by atoms with Crippen molar-refractivity contribution in [2.75, 3.05) is 0 Å². The lowest BCUT2D eigenvalue weighted by molar-refractivity contribution is -0.254. The smallest absolute Gasteiger partial charge is 0.369 e. The molecule has 108 valence electrons. The first-order valence-corrected chi connectivity index (χ1v) is 6.34. The standard InChI is InChI=1S/C12H17F3N2O2/c13-12(14,15)10-1-4-11(5-2-10,6-3-10)17-9(19)7-8(16)18/h1-7H2,(H2,16,18)(H,17,19). The zero-order chi connectivity index (χ0) is 14.3. The van der Waals surface area contributed by atoms with Gasteiger partial charge in [0.15, 0.2) is 0 Å². The average Bonchev–Trinajstić information content (AvgIpc) is 2.28. The lowest BCUT2D eigenvalue weighted by Gasteiger charge is -2.53. The van der Waals surface area contributed by atoms with Crippen LogP contribution >= 0.6 is 0 Å². The summed E-state index contributed by atoms with van der Waals surface area (Å²) in [5.41, 5.74) is 2.79. The predicted molar refractivity (Wildman–Crippen MR) is 60.9 cm³/mol. The third kappa shape index (κ3) is 2.55. The van der Waals surface area contributed by atoms with Crippen molar-refractivity contribution >= 4 is 11.8 Å². The SMILES string of the molecule is NC(=O)CC(=O)NC12CCC(C(F)(F)F)(CC1)CC2. The van der Waals surface area contributed by atoms with E-state index in [0.717, 1.165) is 0 Å². The van der Waals surface area contributed by atoms with Crippen LogP contribution in [0.1, 0.15) is 44.9 Å². The summed E-state index contributed by atoms with van der Waals surface area (Å²) in [7, 11) is 0. The fourth-order valence-corrected chi connectivity index (χ4v) is 3.30. The summed E-state index contributed by atoms with van der Waals surface area (Å²) < 4.78 is 39.1. The number of carbonyl (C=O) groups excluding carboxylic acids is 2. The van der Waals surface area contributed by atoms with Crippen LogP contribution in [0.5, 0.6) is 0 Å². The summed E-state index contributed by atoms with van der Waals surface area (Å²) in [5, 5.41) is 2.71. The predicted octanol–water partition coefficient (Wildman–Crippen LogP) is 1.63. The largest absolute Gasteiger partial charge is 0.394 e. The Morgan fingerprint density at radius 2 is 1.53 bits per heavy atom. The molecule has 0 aromatic heterocycles. The van der Waals surface area contributed by atoms with Gasteiger partial charge in [0, 0.05) is 5.54 Å². The number of amides is 2. The summed E-state index contributed by atoms with van der Waals surface area (Å²) in [5.74, 6) is -1.22. The van der Waals surface area contributed by atoms with Crippen LogP contribution < -0.4 is 11.1 Å². The molecule has 0 atom stereocenters. The molecule has 3 N–H and O–H groups in total. The highest BCUT2D eigenvalue weighted by atomic mass is 19.4. The third-order valence-corrected chi connectivity index (χ3v) is 4.59. The second-order valence-electron chi connectivity index (χ2n) is 5.75. The summed E-state index contributed by atoms with van der Waals surface area (Å²) in [6, 6.07) is 0. The van der Waals surface area contributed by atoms with Crippen LogP contribution in [0.25, 0.3) is 0 Å². The molecule has 3 fully saturated rings. The molecule has 3 saturated carbocycles. The third-order valence-electron chi connectivity index (χ3n) is 4.59. The molecule has 0 unspecified atom stereocenters. The maximum Gasteiger partial charge on any atom is 0.394 e. The fraction of sp³-hybridized carbons (Fsp3) is 0.833. The number of fused-ring (bicyclic) bond motifs is 3. The number of hydrogen-bond donors (Lipinski definition) is 2. The summed E-state index contributed by atoms with van der Waals surface area (Å²) >= 11 is 0. The second-order valence-corrected chi connectivity index (χ2v) is 5.75. The van der Waals surface area contributed by atoms with E-state index in [1.165, 1.54) is 0 Å². The Labute approximate surface area is 108 Å². The lowest BCUT2D eigenvalue weighted by atomic mass is 9.57. The lowest BCUT2D eigenvalue weighted by Crippen LogP contribution is -2.60. The van der Waals surface area contributed by atoms with Crippen LogP contribution in [-0.2, 0) is 9.59 Å². The number of halogens is 3. The van der Waals surface area contributed by atoms with Gasteiger partial charge in [-0.25, -0.2) is 0 Å². The molecule has 0 spiro atoms. The van der Waals surface area contributed by atoms with Crippen molar-refractivity contribution in [1.29, 1.82) is 0 Å². The van der Waals surface area contributed by atoms with Crippen molar-refractivity contribution in [2.24, 2.45) is 11.1 Å². The minimum absolute atomic E-state index is 0.0490. The second kappa shape index (κ2) is 4.38. The van der Waals surface area contributed by atoms with Crippen LogP contribution in [0, 0.1) is 5.41 Å². The van der Waals surface area contributed by atoms with E-state index >= 15 is 0 Å². The zero-order valence-electron chi connectivity index (χ0n) is 10.5. The van der Waals surface area contributed by atoms with Crippen molar-refractivity contribution < 1.29 is 22.8 Å². The van der Waals surface area contributed by atoms with Crippen molar-refractivity contribution in [3.05, 3.63) is 0 Å². The molecular weight excluding hydrogens is 261 g/mol. The maximum absolute atomic E-state index is 13.0. The molecule has 3 aliphatic rings. The first-order valence-electron chi connectivity index (χ1n) is 6.34. The molecule has 2 amide bonds.